The van der Waals surface area contributed by atoms with Gasteiger partial charge in [0.1, 0.15) is 0 Å². The molecule has 4 nitrogen and oxygen atoms in total. The zero-order chi connectivity index (χ0) is 11.1. The molecule has 0 aromatic heterocycles. The summed E-state index contributed by atoms with van der Waals surface area (Å²) in [6.45, 7) is 0. The summed E-state index contributed by atoms with van der Waals surface area (Å²) in [7, 11) is 0. The maximum absolute atomic E-state index is 10.5. The fourth-order valence-corrected chi connectivity index (χ4v) is 1.62. The van der Waals surface area contributed by atoms with E-state index < -0.39 is 4.92 Å². The molecule has 0 heterocycles. The number of rotatable bonds is 2. The van der Waals surface area contributed by atoms with Gasteiger partial charge < -0.3 is 5.11 Å². The summed E-state index contributed by atoms with van der Waals surface area (Å²) in [5.74, 6) is 2.34. The Morgan fingerprint density at radius 1 is 1.53 bits per heavy atom. The molecule has 0 atom stereocenters. The smallest absolute Gasteiger partial charge is 0.310 e. The van der Waals surface area contributed by atoms with Crippen molar-refractivity contribution < 1.29 is 10.0 Å². The van der Waals surface area contributed by atoms with Crippen LogP contribution in [0.5, 0.6) is 5.75 Å². The summed E-state index contributed by atoms with van der Waals surface area (Å²) in [5, 5.41) is 19.9. The van der Waals surface area contributed by atoms with Crippen LogP contribution in [-0.2, 0) is 5.41 Å². The van der Waals surface area contributed by atoms with Crippen molar-refractivity contribution in [2.75, 3.05) is 0 Å². The van der Waals surface area contributed by atoms with Crippen molar-refractivity contribution in [1.82, 2.24) is 0 Å². The van der Waals surface area contributed by atoms with Crippen LogP contribution in [0.1, 0.15) is 18.4 Å². The van der Waals surface area contributed by atoms with E-state index in [1.807, 2.05) is 0 Å². The number of nitro benzene ring substituents is 1. The number of phenolic OH excluding ortho intramolecular Hbond substituents is 1. The SMILES string of the molecule is C#CC1(c2ccc([N+](=O)[O-])c(O)c2)CC1. The summed E-state index contributed by atoms with van der Waals surface area (Å²) in [5.41, 5.74) is 0.201. The van der Waals surface area contributed by atoms with Crippen molar-refractivity contribution in [1.29, 1.82) is 0 Å². The molecular formula is C11H9NO3. The Hall–Kier alpha value is -2.02. The molecule has 15 heavy (non-hydrogen) atoms. The van der Waals surface area contributed by atoms with E-state index in [4.69, 9.17) is 6.42 Å². The zero-order valence-electron chi connectivity index (χ0n) is 7.93. The first-order valence-corrected chi connectivity index (χ1v) is 4.55. The van der Waals surface area contributed by atoms with Crippen LogP contribution in [0.2, 0.25) is 0 Å². The minimum absolute atomic E-state index is 0.286. The Balaban J connectivity index is 2.43. The van der Waals surface area contributed by atoms with Crippen LogP contribution in [0, 0.1) is 22.5 Å². The van der Waals surface area contributed by atoms with E-state index in [1.54, 1.807) is 6.07 Å². The van der Waals surface area contributed by atoms with Gasteiger partial charge in [0.15, 0.2) is 5.75 Å². The van der Waals surface area contributed by atoms with Gasteiger partial charge in [-0.1, -0.05) is 12.0 Å². The van der Waals surface area contributed by atoms with Crippen LogP contribution in [-0.4, -0.2) is 10.0 Å². The number of terminal acetylenes is 1. The second kappa shape index (κ2) is 2.99. The van der Waals surface area contributed by atoms with Gasteiger partial charge in [0.05, 0.1) is 10.3 Å². The molecule has 0 saturated heterocycles. The Bertz CT molecular complexity index is 469. The summed E-state index contributed by atoms with van der Waals surface area (Å²) in [4.78, 5) is 9.86. The predicted molar refractivity (Wildman–Crippen MR) is 54.5 cm³/mol. The maximum atomic E-state index is 10.5. The molecule has 76 valence electrons. The fourth-order valence-electron chi connectivity index (χ4n) is 1.62. The average molecular weight is 203 g/mol. The molecular weight excluding hydrogens is 194 g/mol. The second-order valence-corrected chi connectivity index (χ2v) is 3.69. The highest BCUT2D eigenvalue weighted by Gasteiger charge is 2.43. The van der Waals surface area contributed by atoms with Crippen molar-refractivity contribution in [2.45, 2.75) is 18.3 Å². The Labute approximate surface area is 86.7 Å². The third kappa shape index (κ3) is 1.42. The molecule has 0 aliphatic heterocycles. The molecule has 0 spiro atoms. The molecule has 0 amide bonds. The largest absolute Gasteiger partial charge is 0.502 e. The normalized spacial score (nSPS) is 16.7. The number of aromatic hydroxyl groups is 1. The van der Waals surface area contributed by atoms with Crippen LogP contribution in [0.15, 0.2) is 18.2 Å². The van der Waals surface area contributed by atoms with Crippen LogP contribution in [0.3, 0.4) is 0 Å². The van der Waals surface area contributed by atoms with Gasteiger partial charge in [-0.2, -0.15) is 0 Å². The molecule has 0 bridgehead atoms. The summed E-state index contributed by atoms with van der Waals surface area (Å²) < 4.78 is 0. The molecule has 1 aromatic carbocycles. The number of nitrogens with zero attached hydrogens (tertiary/aromatic N) is 1. The zero-order valence-corrected chi connectivity index (χ0v) is 7.93. The lowest BCUT2D eigenvalue weighted by molar-refractivity contribution is -0.385. The van der Waals surface area contributed by atoms with Crippen molar-refractivity contribution >= 4 is 5.69 Å². The second-order valence-electron chi connectivity index (χ2n) is 3.69. The predicted octanol–water partition coefficient (Wildman–Crippen LogP) is 1.97. The van der Waals surface area contributed by atoms with Crippen LogP contribution < -0.4 is 0 Å². The van der Waals surface area contributed by atoms with Crippen LogP contribution >= 0.6 is 0 Å². The number of nitro groups is 1. The topological polar surface area (TPSA) is 63.4 Å². The van der Waals surface area contributed by atoms with E-state index in [1.165, 1.54) is 12.1 Å². The molecule has 1 aromatic rings. The van der Waals surface area contributed by atoms with Gasteiger partial charge in [0, 0.05) is 6.07 Å². The summed E-state index contributed by atoms with van der Waals surface area (Å²) in [6, 6.07) is 4.30. The standard InChI is InChI=1S/C11H9NO3/c1-2-11(5-6-11)8-3-4-9(12(14)15)10(13)7-8/h1,3-4,7,13H,5-6H2. The number of hydrogen-bond acceptors (Lipinski definition) is 3. The Kier molecular flexibility index (Phi) is 1.90. The van der Waals surface area contributed by atoms with Crippen molar-refractivity contribution in [3.8, 4) is 18.1 Å². The van der Waals surface area contributed by atoms with E-state index in [0.29, 0.717) is 0 Å². The van der Waals surface area contributed by atoms with E-state index in [-0.39, 0.29) is 16.9 Å². The Morgan fingerprint density at radius 2 is 2.20 bits per heavy atom. The van der Waals surface area contributed by atoms with Gasteiger partial charge in [-0.3, -0.25) is 10.1 Å². The molecule has 4 heteroatoms. The highest BCUT2D eigenvalue weighted by Crippen LogP contribution is 2.48. The molecule has 1 aliphatic rings. The van der Waals surface area contributed by atoms with E-state index in [9.17, 15) is 15.2 Å². The van der Waals surface area contributed by atoms with E-state index in [0.717, 1.165) is 18.4 Å². The van der Waals surface area contributed by atoms with Gasteiger partial charge >= 0.3 is 5.69 Å². The van der Waals surface area contributed by atoms with E-state index in [2.05, 4.69) is 5.92 Å². The van der Waals surface area contributed by atoms with Gasteiger partial charge in [0.25, 0.3) is 0 Å². The van der Waals surface area contributed by atoms with Gasteiger partial charge in [-0.05, 0) is 24.5 Å². The quantitative estimate of drug-likeness (QED) is 0.454. The molecule has 1 N–H and O–H groups in total. The highest BCUT2D eigenvalue weighted by atomic mass is 16.6. The number of phenols is 1. The number of hydrogen-bond donors (Lipinski definition) is 1. The molecule has 0 radical (unpaired) electrons. The monoisotopic (exact) mass is 203 g/mol. The van der Waals surface area contributed by atoms with Gasteiger partial charge in [-0.15, -0.1) is 6.42 Å². The highest BCUT2D eigenvalue weighted by molar-refractivity contribution is 5.52. The first kappa shape index (κ1) is 9.53. The Morgan fingerprint density at radius 3 is 2.60 bits per heavy atom. The lowest BCUT2D eigenvalue weighted by Gasteiger charge is -2.07. The van der Waals surface area contributed by atoms with Crippen molar-refractivity contribution in [3.05, 3.63) is 33.9 Å². The first-order chi connectivity index (χ1) is 7.09. The molecule has 0 unspecified atom stereocenters. The fraction of sp³-hybridized carbons (Fsp3) is 0.273. The average Bonchev–Trinajstić information content (AvgIpc) is 2.97. The minimum Gasteiger partial charge on any atom is -0.502 e. The first-order valence-electron chi connectivity index (χ1n) is 4.55. The third-order valence-electron chi connectivity index (χ3n) is 2.75. The lowest BCUT2D eigenvalue weighted by Crippen LogP contribution is -2.02. The molecule has 2 rings (SSSR count). The minimum atomic E-state index is -0.617. The molecule has 1 saturated carbocycles. The molecule has 1 fully saturated rings. The van der Waals surface area contributed by atoms with Gasteiger partial charge in [0.2, 0.25) is 0 Å². The third-order valence-corrected chi connectivity index (χ3v) is 2.75. The van der Waals surface area contributed by atoms with Gasteiger partial charge in [-0.25, -0.2) is 0 Å². The van der Waals surface area contributed by atoms with Crippen LogP contribution in [0.25, 0.3) is 0 Å². The van der Waals surface area contributed by atoms with Crippen molar-refractivity contribution in [2.24, 2.45) is 0 Å². The number of benzene rings is 1. The van der Waals surface area contributed by atoms with E-state index >= 15 is 0 Å². The lowest BCUT2D eigenvalue weighted by atomic mass is 9.96. The van der Waals surface area contributed by atoms with Crippen LogP contribution in [0.4, 0.5) is 5.69 Å². The van der Waals surface area contributed by atoms with Crippen molar-refractivity contribution in [3.63, 3.8) is 0 Å². The summed E-state index contributed by atoms with van der Waals surface area (Å²) in [6.07, 6.45) is 7.13. The summed E-state index contributed by atoms with van der Waals surface area (Å²) >= 11 is 0. The molecule has 1 aliphatic carbocycles. The maximum Gasteiger partial charge on any atom is 0.310 e.